The molecule has 0 fully saturated rings. The van der Waals surface area contributed by atoms with E-state index in [0.717, 1.165) is 16.8 Å². The van der Waals surface area contributed by atoms with E-state index in [1.54, 1.807) is 24.3 Å². The lowest BCUT2D eigenvalue weighted by Crippen LogP contribution is -2.14. The van der Waals surface area contributed by atoms with Gasteiger partial charge < -0.3 is 10.1 Å². The zero-order valence-electron chi connectivity index (χ0n) is 13.3. The van der Waals surface area contributed by atoms with E-state index < -0.39 is 0 Å². The Kier molecular flexibility index (Phi) is 4.53. The predicted octanol–water partition coefficient (Wildman–Crippen LogP) is 4.30. The molecule has 2 N–H and O–H groups in total. The second-order valence-corrected chi connectivity index (χ2v) is 5.67. The predicted molar refractivity (Wildman–Crippen MR) is 94.7 cm³/mol. The molecule has 0 saturated carbocycles. The largest absolute Gasteiger partial charge is 0.496 e. The molecule has 24 heavy (non-hydrogen) atoms. The van der Waals surface area contributed by atoms with E-state index in [1.165, 1.54) is 7.11 Å². The zero-order valence-corrected chi connectivity index (χ0v) is 14.0. The van der Waals surface area contributed by atoms with Crippen LogP contribution < -0.4 is 10.1 Å². The van der Waals surface area contributed by atoms with Gasteiger partial charge in [-0.15, -0.1) is 0 Å². The van der Waals surface area contributed by atoms with Crippen molar-refractivity contribution in [2.24, 2.45) is 0 Å². The number of halogens is 1. The number of aryl methyl sites for hydroxylation is 1. The van der Waals surface area contributed by atoms with Crippen molar-refractivity contribution in [3.8, 4) is 16.9 Å². The number of ether oxygens (including phenoxy) is 1. The SMILES string of the molecule is COc1ccccc1C(=O)Nc1n[nH]c(C)c1-c1cccc(Cl)c1. The van der Waals surface area contributed by atoms with Gasteiger partial charge in [0.15, 0.2) is 5.82 Å². The highest BCUT2D eigenvalue weighted by atomic mass is 35.5. The highest BCUT2D eigenvalue weighted by molar-refractivity contribution is 6.30. The van der Waals surface area contributed by atoms with Crippen molar-refractivity contribution >= 4 is 23.3 Å². The number of nitrogens with zero attached hydrogens (tertiary/aromatic N) is 1. The molecule has 0 radical (unpaired) electrons. The quantitative estimate of drug-likeness (QED) is 0.743. The number of hydrogen-bond donors (Lipinski definition) is 2. The number of methoxy groups -OCH3 is 1. The van der Waals surface area contributed by atoms with Crippen LogP contribution in [0.5, 0.6) is 5.75 Å². The number of nitrogens with one attached hydrogen (secondary N) is 2. The highest BCUT2D eigenvalue weighted by Crippen LogP contribution is 2.31. The minimum Gasteiger partial charge on any atom is -0.496 e. The van der Waals surface area contributed by atoms with Crippen molar-refractivity contribution in [2.75, 3.05) is 12.4 Å². The molecule has 5 nitrogen and oxygen atoms in total. The second-order valence-electron chi connectivity index (χ2n) is 5.24. The molecule has 3 rings (SSSR count). The molecule has 0 spiro atoms. The molecule has 0 atom stereocenters. The number of H-pyrrole nitrogens is 1. The Morgan fingerprint density at radius 3 is 2.75 bits per heavy atom. The summed E-state index contributed by atoms with van der Waals surface area (Å²) in [6.07, 6.45) is 0. The van der Waals surface area contributed by atoms with E-state index >= 15 is 0 Å². The number of aromatic amines is 1. The maximum atomic E-state index is 12.6. The van der Waals surface area contributed by atoms with Crippen LogP contribution in [0.4, 0.5) is 5.82 Å². The summed E-state index contributed by atoms with van der Waals surface area (Å²) in [6, 6.07) is 14.4. The van der Waals surface area contributed by atoms with Crippen molar-refractivity contribution in [3.05, 3.63) is 64.8 Å². The van der Waals surface area contributed by atoms with Crippen LogP contribution in [-0.2, 0) is 0 Å². The Hall–Kier alpha value is -2.79. The van der Waals surface area contributed by atoms with Gasteiger partial charge in [-0.2, -0.15) is 5.10 Å². The average Bonchev–Trinajstić information content (AvgIpc) is 2.95. The molecule has 0 aliphatic heterocycles. The highest BCUT2D eigenvalue weighted by Gasteiger charge is 2.18. The Bertz CT molecular complexity index is 889. The summed E-state index contributed by atoms with van der Waals surface area (Å²) in [6.45, 7) is 1.89. The molecule has 0 aliphatic carbocycles. The van der Waals surface area contributed by atoms with Crippen LogP contribution in [0.25, 0.3) is 11.1 Å². The van der Waals surface area contributed by atoms with Gasteiger partial charge in [0.05, 0.1) is 12.7 Å². The first-order valence-electron chi connectivity index (χ1n) is 7.35. The summed E-state index contributed by atoms with van der Waals surface area (Å²) in [5.74, 6) is 0.666. The first-order valence-corrected chi connectivity index (χ1v) is 7.73. The van der Waals surface area contributed by atoms with Crippen LogP contribution in [0.15, 0.2) is 48.5 Å². The van der Waals surface area contributed by atoms with E-state index in [-0.39, 0.29) is 5.91 Å². The number of amides is 1. The third kappa shape index (κ3) is 3.12. The van der Waals surface area contributed by atoms with Crippen LogP contribution in [0.3, 0.4) is 0 Å². The maximum absolute atomic E-state index is 12.6. The third-order valence-electron chi connectivity index (χ3n) is 3.64. The minimum atomic E-state index is -0.290. The van der Waals surface area contributed by atoms with Crippen LogP contribution >= 0.6 is 11.6 Å². The Balaban J connectivity index is 1.96. The molecule has 1 amide bonds. The van der Waals surface area contributed by atoms with Gasteiger partial charge in [0.1, 0.15) is 5.75 Å². The lowest BCUT2D eigenvalue weighted by Gasteiger charge is -2.09. The first kappa shape index (κ1) is 16.1. The molecule has 6 heteroatoms. The molecule has 0 saturated heterocycles. The first-order chi connectivity index (χ1) is 11.6. The van der Waals surface area contributed by atoms with Gasteiger partial charge in [0, 0.05) is 16.3 Å². The lowest BCUT2D eigenvalue weighted by atomic mass is 10.1. The fourth-order valence-corrected chi connectivity index (χ4v) is 2.71. The van der Waals surface area contributed by atoms with Gasteiger partial charge in [-0.05, 0) is 36.8 Å². The van der Waals surface area contributed by atoms with Crippen molar-refractivity contribution in [3.63, 3.8) is 0 Å². The number of carbonyl (C=O) groups is 1. The van der Waals surface area contributed by atoms with Gasteiger partial charge in [-0.25, -0.2) is 0 Å². The van der Waals surface area contributed by atoms with Crippen molar-refractivity contribution in [1.82, 2.24) is 10.2 Å². The van der Waals surface area contributed by atoms with Gasteiger partial charge in [-0.1, -0.05) is 35.9 Å². The minimum absolute atomic E-state index is 0.290. The molecule has 0 bridgehead atoms. The van der Waals surface area contributed by atoms with E-state index in [2.05, 4.69) is 15.5 Å². The summed E-state index contributed by atoms with van der Waals surface area (Å²) in [4.78, 5) is 12.6. The summed E-state index contributed by atoms with van der Waals surface area (Å²) >= 11 is 6.07. The lowest BCUT2D eigenvalue weighted by molar-refractivity contribution is 0.102. The van der Waals surface area contributed by atoms with Gasteiger partial charge in [0.2, 0.25) is 0 Å². The monoisotopic (exact) mass is 341 g/mol. The maximum Gasteiger partial charge on any atom is 0.260 e. The molecule has 0 aliphatic rings. The summed E-state index contributed by atoms with van der Waals surface area (Å²) < 4.78 is 5.23. The molecular formula is C18H16ClN3O2. The third-order valence-corrected chi connectivity index (χ3v) is 3.88. The number of hydrogen-bond acceptors (Lipinski definition) is 3. The second kappa shape index (κ2) is 6.76. The number of aromatic nitrogens is 2. The topological polar surface area (TPSA) is 67.0 Å². The Labute approximate surface area is 144 Å². The molecule has 0 unspecified atom stereocenters. The number of benzene rings is 2. The number of para-hydroxylation sites is 1. The number of anilines is 1. The van der Waals surface area contributed by atoms with E-state index in [4.69, 9.17) is 16.3 Å². The molecule has 1 heterocycles. The van der Waals surface area contributed by atoms with Gasteiger partial charge in [0.25, 0.3) is 5.91 Å². The summed E-state index contributed by atoms with van der Waals surface area (Å²) in [7, 11) is 1.53. The van der Waals surface area contributed by atoms with Crippen LogP contribution in [0.1, 0.15) is 16.1 Å². The molecule has 2 aromatic carbocycles. The van der Waals surface area contributed by atoms with Crippen LogP contribution in [0.2, 0.25) is 5.02 Å². The number of carbonyl (C=O) groups excluding carboxylic acids is 1. The standard InChI is InChI=1S/C18H16ClN3O2/c1-11-16(12-6-5-7-13(19)10-12)17(22-21-11)20-18(23)14-8-3-4-9-15(14)24-2/h3-10H,1-2H3,(H2,20,21,22,23). The molecular weight excluding hydrogens is 326 g/mol. The van der Waals surface area contributed by atoms with E-state index in [9.17, 15) is 4.79 Å². The van der Waals surface area contributed by atoms with Crippen LogP contribution in [0, 0.1) is 6.92 Å². The Morgan fingerprint density at radius 1 is 1.21 bits per heavy atom. The van der Waals surface area contributed by atoms with Gasteiger partial charge >= 0.3 is 0 Å². The van der Waals surface area contributed by atoms with E-state index in [0.29, 0.717) is 22.2 Å². The van der Waals surface area contributed by atoms with E-state index in [1.807, 2.05) is 31.2 Å². The fraction of sp³-hybridized carbons (Fsp3) is 0.111. The normalized spacial score (nSPS) is 10.5. The fourth-order valence-electron chi connectivity index (χ4n) is 2.52. The summed E-state index contributed by atoms with van der Waals surface area (Å²) in [5.41, 5.74) is 2.97. The van der Waals surface area contributed by atoms with Gasteiger partial charge in [-0.3, -0.25) is 9.89 Å². The van der Waals surface area contributed by atoms with Crippen LogP contribution in [-0.4, -0.2) is 23.2 Å². The van der Waals surface area contributed by atoms with Crippen molar-refractivity contribution in [1.29, 1.82) is 0 Å². The zero-order chi connectivity index (χ0) is 17.1. The average molecular weight is 342 g/mol. The van der Waals surface area contributed by atoms with Crippen molar-refractivity contribution < 1.29 is 9.53 Å². The smallest absolute Gasteiger partial charge is 0.260 e. The Morgan fingerprint density at radius 2 is 2.00 bits per heavy atom. The number of rotatable bonds is 4. The van der Waals surface area contributed by atoms with Crippen molar-refractivity contribution in [2.45, 2.75) is 6.92 Å². The summed E-state index contributed by atoms with van der Waals surface area (Å²) in [5, 5.41) is 10.6. The molecule has 1 aromatic heterocycles. The molecule has 3 aromatic rings. The molecule has 122 valence electrons.